The lowest BCUT2D eigenvalue weighted by atomic mass is 9.95. The van der Waals surface area contributed by atoms with E-state index in [4.69, 9.17) is 5.73 Å². The van der Waals surface area contributed by atoms with Crippen LogP contribution in [0.25, 0.3) is 0 Å². The molecule has 2 atom stereocenters. The molecule has 1 aliphatic rings. The maximum Gasteiger partial charge on any atom is 0.222 e. The van der Waals surface area contributed by atoms with Gasteiger partial charge in [-0.15, -0.1) is 0 Å². The first-order chi connectivity index (χ1) is 9.22. The van der Waals surface area contributed by atoms with Crippen LogP contribution in [0.4, 0.5) is 0 Å². The molecular weight excluding hydrogens is 238 g/mol. The molecule has 0 saturated carbocycles. The number of nitrogens with two attached hydrogens (primary N) is 1. The largest absolute Gasteiger partial charge is 0.340 e. The number of nitrogens with one attached hydrogen (secondary N) is 1. The molecule has 1 amide bonds. The van der Waals surface area contributed by atoms with Crippen LogP contribution in [0.2, 0.25) is 0 Å². The number of hydrogen-bond acceptors (Lipinski definition) is 3. The molecule has 0 spiro atoms. The third-order valence-corrected chi connectivity index (χ3v) is 3.76. The second-order valence-corrected chi connectivity index (χ2v) is 5.19. The third kappa shape index (κ3) is 3.55. The Bertz CT molecular complexity index is 407. The van der Waals surface area contributed by atoms with Crippen LogP contribution in [0.1, 0.15) is 24.3 Å². The molecule has 1 saturated heterocycles. The lowest BCUT2D eigenvalue weighted by molar-refractivity contribution is -0.130. The Kier molecular flexibility index (Phi) is 4.93. The molecule has 0 aromatic heterocycles. The summed E-state index contributed by atoms with van der Waals surface area (Å²) in [4.78, 5) is 14.0. The first-order valence-electron chi connectivity index (χ1n) is 6.95. The summed E-state index contributed by atoms with van der Waals surface area (Å²) in [5.41, 5.74) is 7.42. The number of carbonyl (C=O) groups is 1. The number of likely N-dealkylation sites (tertiary alicyclic amines) is 1. The summed E-state index contributed by atoms with van der Waals surface area (Å²) in [6.07, 6.45) is 1.49. The average molecular weight is 261 g/mol. The molecule has 0 radical (unpaired) electrons. The maximum absolute atomic E-state index is 12.1. The Hall–Kier alpha value is -1.39. The van der Waals surface area contributed by atoms with Crippen LogP contribution in [-0.4, -0.2) is 43.5 Å². The molecule has 1 aliphatic heterocycles. The van der Waals surface area contributed by atoms with E-state index in [2.05, 4.69) is 17.4 Å². The molecule has 1 heterocycles. The number of benzene rings is 1. The van der Waals surface area contributed by atoms with Gasteiger partial charge in [0.25, 0.3) is 0 Å². The SMILES string of the molecule is CNCCCC(=O)N1C[C@@H](N)[C@H](c2ccccc2)C1. The zero-order valence-corrected chi connectivity index (χ0v) is 11.5. The van der Waals surface area contributed by atoms with Gasteiger partial charge in [0.1, 0.15) is 0 Å². The van der Waals surface area contributed by atoms with E-state index in [1.165, 1.54) is 5.56 Å². The van der Waals surface area contributed by atoms with E-state index < -0.39 is 0 Å². The van der Waals surface area contributed by atoms with Gasteiger partial charge in [-0.05, 0) is 25.6 Å². The molecular formula is C15H23N3O. The Balaban J connectivity index is 1.92. The van der Waals surface area contributed by atoms with Gasteiger partial charge in [0.2, 0.25) is 5.91 Å². The number of hydrogen-bond donors (Lipinski definition) is 2. The maximum atomic E-state index is 12.1. The van der Waals surface area contributed by atoms with Gasteiger partial charge in [-0.1, -0.05) is 30.3 Å². The number of carbonyl (C=O) groups excluding carboxylic acids is 1. The van der Waals surface area contributed by atoms with Crippen LogP contribution >= 0.6 is 0 Å². The van der Waals surface area contributed by atoms with Gasteiger partial charge in [0, 0.05) is 31.5 Å². The van der Waals surface area contributed by atoms with Crippen molar-refractivity contribution in [1.82, 2.24) is 10.2 Å². The Morgan fingerprint density at radius 3 is 2.79 bits per heavy atom. The summed E-state index contributed by atoms with van der Waals surface area (Å²) in [6.45, 7) is 2.31. The molecule has 2 rings (SSSR count). The Morgan fingerprint density at radius 2 is 2.11 bits per heavy atom. The summed E-state index contributed by atoms with van der Waals surface area (Å²) in [6, 6.07) is 10.3. The molecule has 4 nitrogen and oxygen atoms in total. The summed E-state index contributed by atoms with van der Waals surface area (Å²) in [5.74, 6) is 0.499. The van der Waals surface area contributed by atoms with Crippen molar-refractivity contribution >= 4 is 5.91 Å². The molecule has 0 bridgehead atoms. The fourth-order valence-electron chi connectivity index (χ4n) is 2.66. The van der Waals surface area contributed by atoms with Gasteiger partial charge in [0.15, 0.2) is 0 Å². The van der Waals surface area contributed by atoms with E-state index in [-0.39, 0.29) is 17.9 Å². The van der Waals surface area contributed by atoms with E-state index in [1.807, 2.05) is 30.1 Å². The number of nitrogens with zero attached hydrogens (tertiary/aromatic N) is 1. The van der Waals surface area contributed by atoms with Gasteiger partial charge in [-0.25, -0.2) is 0 Å². The predicted octanol–water partition coefficient (Wildman–Crippen LogP) is 0.939. The molecule has 0 aliphatic carbocycles. The van der Waals surface area contributed by atoms with Gasteiger partial charge < -0.3 is 16.0 Å². The molecule has 1 fully saturated rings. The standard InChI is InChI=1S/C15H23N3O/c1-17-9-5-8-15(19)18-10-13(14(16)11-18)12-6-3-2-4-7-12/h2-4,6-7,13-14,17H,5,8-11,16H2,1H3/t13-,14+/m0/s1. The summed E-state index contributed by atoms with van der Waals surface area (Å²) in [7, 11) is 1.90. The minimum Gasteiger partial charge on any atom is -0.340 e. The van der Waals surface area contributed by atoms with Crippen LogP contribution in [0, 0.1) is 0 Å². The smallest absolute Gasteiger partial charge is 0.222 e. The first-order valence-corrected chi connectivity index (χ1v) is 6.95. The number of amides is 1. The molecule has 0 unspecified atom stereocenters. The fourth-order valence-corrected chi connectivity index (χ4v) is 2.66. The van der Waals surface area contributed by atoms with Crippen LogP contribution in [0.3, 0.4) is 0 Å². The van der Waals surface area contributed by atoms with Crippen molar-refractivity contribution in [2.45, 2.75) is 24.8 Å². The predicted molar refractivity (Wildman–Crippen MR) is 76.9 cm³/mol. The minimum absolute atomic E-state index is 0.0515. The zero-order chi connectivity index (χ0) is 13.7. The van der Waals surface area contributed by atoms with Gasteiger partial charge in [-0.2, -0.15) is 0 Å². The van der Waals surface area contributed by atoms with Crippen molar-refractivity contribution < 1.29 is 4.79 Å². The van der Waals surface area contributed by atoms with Crippen LogP contribution in [0.15, 0.2) is 30.3 Å². The van der Waals surface area contributed by atoms with Gasteiger partial charge >= 0.3 is 0 Å². The van der Waals surface area contributed by atoms with E-state index in [9.17, 15) is 4.79 Å². The summed E-state index contributed by atoms with van der Waals surface area (Å²) < 4.78 is 0. The van der Waals surface area contributed by atoms with Gasteiger partial charge in [-0.3, -0.25) is 4.79 Å². The highest BCUT2D eigenvalue weighted by Crippen LogP contribution is 2.26. The summed E-state index contributed by atoms with van der Waals surface area (Å²) in [5, 5.41) is 3.06. The van der Waals surface area contributed by atoms with Gasteiger partial charge in [0.05, 0.1) is 0 Å². The lowest BCUT2D eigenvalue weighted by Gasteiger charge is -2.16. The topological polar surface area (TPSA) is 58.4 Å². The van der Waals surface area contributed by atoms with E-state index in [0.29, 0.717) is 13.0 Å². The second kappa shape index (κ2) is 6.68. The Morgan fingerprint density at radius 1 is 1.37 bits per heavy atom. The molecule has 1 aromatic rings. The van der Waals surface area contributed by atoms with Crippen molar-refractivity contribution in [3.63, 3.8) is 0 Å². The van der Waals surface area contributed by atoms with E-state index in [1.54, 1.807) is 0 Å². The highest BCUT2D eigenvalue weighted by atomic mass is 16.2. The van der Waals surface area contributed by atoms with E-state index >= 15 is 0 Å². The van der Waals surface area contributed by atoms with Crippen molar-refractivity contribution in [2.24, 2.45) is 5.73 Å². The zero-order valence-electron chi connectivity index (χ0n) is 11.5. The normalized spacial score (nSPS) is 22.7. The first kappa shape index (κ1) is 14.0. The molecule has 3 N–H and O–H groups in total. The fraction of sp³-hybridized carbons (Fsp3) is 0.533. The minimum atomic E-state index is 0.0515. The molecule has 1 aromatic carbocycles. The molecule has 4 heteroatoms. The third-order valence-electron chi connectivity index (χ3n) is 3.76. The van der Waals surface area contributed by atoms with Crippen molar-refractivity contribution in [3.05, 3.63) is 35.9 Å². The van der Waals surface area contributed by atoms with Crippen LogP contribution < -0.4 is 11.1 Å². The Labute approximate surface area is 115 Å². The van der Waals surface area contributed by atoms with Crippen molar-refractivity contribution in [1.29, 1.82) is 0 Å². The van der Waals surface area contributed by atoms with Crippen LogP contribution in [0.5, 0.6) is 0 Å². The van der Waals surface area contributed by atoms with Crippen molar-refractivity contribution in [2.75, 3.05) is 26.7 Å². The molecule has 19 heavy (non-hydrogen) atoms. The van der Waals surface area contributed by atoms with Crippen molar-refractivity contribution in [3.8, 4) is 0 Å². The highest BCUT2D eigenvalue weighted by Gasteiger charge is 2.33. The summed E-state index contributed by atoms with van der Waals surface area (Å²) >= 11 is 0. The lowest BCUT2D eigenvalue weighted by Crippen LogP contribution is -2.32. The monoisotopic (exact) mass is 261 g/mol. The number of rotatable bonds is 5. The average Bonchev–Trinajstić information content (AvgIpc) is 2.82. The second-order valence-electron chi connectivity index (χ2n) is 5.19. The quantitative estimate of drug-likeness (QED) is 0.776. The highest BCUT2D eigenvalue weighted by molar-refractivity contribution is 5.76. The van der Waals surface area contributed by atoms with Crippen LogP contribution in [-0.2, 0) is 4.79 Å². The van der Waals surface area contributed by atoms with E-state index in [0.717, 1.165) is 19.5 Å². The molecule has 104 valence electrons.